The summed E-state index contributed by atoms with van der Waals surface area (Å²) in [5.41, 5.74) is 1.68. The van der Waals surface area contributed by atoms with E-state index in [1.807, 2.05) is 36.0 Å². The number of carbonyl (C=O) groups excluding carboxylic acids is 1. The first-order valence-electron chi connectivity index (χ1n) is 7.18. The monoisotopic (exact) mass is 293 g/mol. The van der Waals surface area contributed by atoms with Crippen LogP contribution in [0.4, 0.5) is 0 Å². The SMILES string of the molecule is COC(=O)c1ccccc1CNC1CCCCC1SC. The molecule has 0 spiro atoms. The molecule has 0 radical (unpaired) electrons. The summed E-state index contributed by atoms with van der Waals surface area (Å²) < 4.78 is 4.84. The Morgan fingerprint density at radius 1 is 1.35 bits per heavy atom. The first-order chi connectivity index (χ1) is 9.76. The van der Waals surface area contributed by atoms with E-state index in [4.69, 9.17) is 4.74 Å². The van der Waals surface area contributed by atoms with E-state index in [9.17, 15) is 4.79 Å². The van der Waals surface area contributed by atoms with Crippen LogP contribution in [0.2, 0.25) is 0 Å². The van der Waals surface area contributed by atoms with Crippen molar-refractivity contribution in [3.63, 3.8) is 0 Å². The number of esters is 1. The van der Waals surface area contributed by atoms with Gasteiger partial charge in [-0.25, -0.2) is 4.79 Å². The molecule has 4 heteroatoms. The standard InChI is InChI=1S/C16H23NO2S/c1-19-16(18)13-8-4-3-7-12(13)11-17-14-9-5-6-10-15(14)20-2/h3-4,7-8,14-15,17H,5-6,9-11H2,1-2H3. The molecule has 110 valence electrons. The fourth-order valence-corrected chi connectivity index (χ4v) is 3.80. The number of hydrogen-bond acceptors (Lipinski definition) is 4. The maximum absolute atomic E-state index is 11.8. The molecule has 3 nitrogen and oxygen atoms in total. The maximum atomic E-state index is 11.8. The number of hydrogen-bond donors (Lipinski definition) is 1. The summed E-state index contributed by atoms with van der Waals surface area (Å²) in [6, 6.07) is 8.22. The minimum atomic E-state index is -0.257. The van der Waals surface area contributed by atoms with E-state index in [1.54, 1.807) is 0 Å². The highest BCUT2D eigenvalue weighted by atomic mass is 32.2. The molecule has 1 aromatic rings. The second-order valence-corrected chi connectivity index (χ2v) is 6.27. The fourth-order valence-electron chi connectivity index (χ4n) is 2.84. The van der Waals surface area contributed by atoms with E-state index in [2.05, 4.69) is 11.6 Å². The predicted molar refractivity (Wildman–Crippen MR) is 84.2 cm³/mol. The van der Waals surface area contributed by atoms with E-state index >= 15 is 0 Å². The number of thioether (sulfide) groups is 1. The van der Waals surface area contributed by atoms with E-state index in [-0.39, 0.29) is 5.97 Å². The molecule has 0 saturated heterocycles. The molecule has 0 heterocycles. The average molecular weight is 293 g/mol. The van der Waals surface area contributed by atoms with Gasteiger partial charge in [-0.15, -0.1) is 0 Å². The third-order valence-corrected chi connectivity index (χ3v) is 5.15. The normalized spacial score (nSPS) is 22.5. The molecule has 1 N–H and O–H groups in total. The van der Waals surface area contributed by atoms with Crippen LogP contribution in [0.15, 0.2) is 24.3 Å². The quantitative estimate of drug-likeness (QED) is 0.846. The minimum absolute atomic E-state index is 0.257. The van der Waals surface area contributed by atoms with Gasteiger partial charge in [-0.3, -0.25) is 0 Å². The number of carbonyl (C=O) groups is 1. The highest BCUT2D eigenvalue weighted by molar-refractivity contribution is 7.99. The number of ether oxygens (including phenoxy) is 1. The summed E-state index contributed by atoms with van der Waals surface area (Å²) in [5.74, 6) is -0.257. The van der Waals surface area contributed by atoms with Gasteiger partial charge in [0.15, 0.2) is 0 Å². The lowest BCUT2D eigenvalue weighted by Gasteiger charge is -2.31. The van der Waals surface area contributed by atoms with Gasteiger partial charge in [0.05, 0.1) is 12.7 Å². The van der Waals surface area contributed by atoms with Crippen LogP contribution in [0.25, 0.3) is 0 Å². The summed E-state index contributed by atoms with van der Waals surface area (Å²) >= 11 is 1.95. The van der Waals surface area contributed by atoms with Crippen molar-refractivity contribution in [3.05, 3.63) is 35.4 Å². The van der Waals surface area contributed by atoms with Crippen molar-refractivity contribution >= 4 is 17.7 Å². The fraction of sp³-hybridized carbons (Fsp3) is 0.562. The van der Waals surface area contributed by atoms with Crippen molar-refractivity contribution in [3.8, 4) is 0 Å². The Hall–Kier alpha value is -1.00. The molecule has 0 bridgehead atoms. The van der Waals surface area contributed by atoms with E-state index in [1.165, 1.54) is 32.8 Å². The molecule has 20 heavy (non-hydrogen) atoms. The lowest BCUT2D eigenvalue weighted by Crippen LogP contribution is -2.40. The Morgan fingerprint density at radius 3 is 2.85 bits per heavy atom. The molecule has 2 atom stereocenters. The molecular weight excluding hydrogens is 270 g/mol. The zero-order chi connectivity index (χ0) is 14.4. The molecule has 1 aromatic carbocycles. The van der Waals surface area contributed by atoms with Crippen molar-refractivity contribution in [2.75, 3.05) is 13.4 Å². The summed E-state index contributed by atoms with van der Waals surface area (Å²) in [5, 5.41) is 4.32. The Balaban J connectivity index is 2.01. The van der Waals surface area contributed by atoms with Crippen LogP contribution in [0.3, 0.4) is 0 Å². The molecule has 1 saturated carbocycles. The largest absolute Gasteiger partial charge is 0.465 e. The highest BCUT2D eigenvalue weighted by Crippen LogP contribution is 2.27. The van der Waals surface area contributed by atoms with Gasteiger partial charge in [-0.05, 0) is 30.7 Å². The summed E-state index contributed by atoms with van der Waals surface area (Å²) in [6.45, 7) is 0.729. The molecular formula is C16H23NO2S. The summed E-state index contributed by atoms with van der Waals surface area (Å²) in [7, 11) is 1.43. The first-order valence-corrected chi connectivity index (χ1v) is 8.47. The molecule has 0 aliphatic heterocycles. The number of rotatable bonds is 5. The van der Waals surface area contributed by atoms with Gasteiger partial charge in [0.2, 0.25) is 0 Å². The van der Waals surface area contributed by atoms with Crippen LogP contribution in [0.1, 0.15) is 41.6 Å². The van der Waals surface area contributed by atoms with Gasteiger partial charge in [-0.2, -0.15) is 11.8 Å². The van der Waals surface area contributed by atoms with Crippen LogP contribution in [0, 0.1) is 0 Å². The van der Waals surface area contributed by atoms with Gasteiger partial charge in [-0.1, -0.05) is 31.0 Å². The smallest absolute Gasteiger partial charge is 0.338 e. The lowest BCUT2D eigenvalue weighted by molar-refractivity contribution is 0.0599. The van der Waals surface area contributed by atoms with Crippen LogP contribution >= 0.6 is 11.8 Å². The van der Waals surface area contributed by atoms with Crippen molar-refractivity contribution in [2.24, 2.45) is 0 Å². The van der Waals surface area contributed by atoms with Crippen molar-refractivity contribution in [1.82, 2.24) is 5.32 Å². The average Bonchev–Trinajstić information content (AvgIpc) is 2.52. The number of nitrogens with one attached hydrogen (secondary N) is 1. The van der Waals surface area contributed by atoms with Gasteiger partial charge in [0.25, 0.3) is 0 Å². The Morgan fingerprint density at radius 2 is 2.10 bits per heavy atom. The van der Waals surface area contributed by atoms with Gasteiger partial charge in [0, 0.05) is 17.8 Å². The molecule has 1 fully saturated rings. The second-order valence-electron chi connectivity index (χ2n) is 5.19. The van der Waals surface area contributed by atoms with Gasteiger partial charge >= 0.3 is 5.97 Å². The van der Waals surface area contributed by atoms with Crippen LogP contribution < -0.4 is 5.32 Å². The first kappa shape index (κ1) is 15.4. The van der Waals surface area contributed by atoms with Gasteiger partial charge < -0.3 is 10.1 Å². The van der Waals surface area contributed by atoms with Crippen LogP contribution in [0.5, 0.6) is 0 Å². The van der Waals surface area contributed by atoms with Crippen LogP contribution in [-0.4, -0.2) is 30.6 Å². The van der Waals surface area contributed by atoms with Crippen molar-refractivity contribution in [2.45, 2.75) is 43.5 Å². The van der Waals surface area contributed by atoms with E-state index < -0.39 is 0 Å². The number of benzene rings is 1. The second kappa shape index (κ2) is 7.70. The minimum Gasteiger partial charge on any atom is -0.465 e. The molecule has 2 unspecified atom stereocenters. The number of methoxy groups -OCH3 is 1. The highest BCUT2D eigenvalue weighted by Gasteiger charge is 2.24. The molecule has 0 amide bonds. The van der Waals surface area contributed by atoms with Gasteiger partial charge in [0.1, 0.15) is 0 Å². The molecule has 0 aromatic heterocycles. The van der Waals surface area contributed by atoms with E-state index in [0.29, 0.717) is 16.9 Å². The van der Waals surface area contributed by atoms with Crippen molar-refractivity contribution < 1.29 is 9.53 Å². The summed E-state index contributed by atoms with van der Waals surface area (Å²) in [6.07, 6.45) is 7.34. The zero-order valence-electron chi connectivity index (χ0n) is 12.2. The third-order valence-electron chi connectivity index (χ3n) is 3.98. The third kappa shape index (κ3) is 3.76. The summed E-state index contributed by atoms with van der Waals surface area (Å²) in [4.78, 5) is 11.8. The Kier molecular flexibility index (Phi) is 5.92. The lowest BCUT2D eigenvalue weighted by atomic mass is 9.94. The predicted octanol–water partition coefficient (Wildman–Crippen LogP) is 3.24. The maximum Gasteiger partial charge on any atom is 0.338 e. The molecule has 1 aliphatic carbocycles. The Labute approximate surface area is 125 Å². The molecule has 2 rings (SSSR count). The zero-order valence-corrected chi connectivity index (χ0v) is 13.0. The van der Waals surface area contributed by atoms with Crippen molar-refractivity contribution in [1.29, 1.82) is 0 Å². The Bertz CT molecular complexity index is 450. The topological polar surface area (TPSA) is 38.3 Å². The van der Waals surface area contributed by atoms with E-state index in [0.717, 1.165) is 12.1 Å². The van der Waals surface area contributed by atoms with Crippen LogP contribution in [-0.2, 0) is 11.3 Å². The molecule has 1 aliphatic rings.